The quantitative estimate of drug-likeness (QED) is 0.383. The van der Waals surface area contributed by atoms with Crippen LogP contribution in [-0.4, -0.2) is 11.6 Å². The molecule has 0 saturated heterocycles. The summed E-state index contributed by atoms with van der Waals surface area (Å²) in [5.74, 6) is 0.156. The van der Waals surface area contributed by atoms with E-state index in [9.17, 15) is 9.59 Å². The van der Waals surface area contributed by atoms with Crippen molar-refractivity contribution in [2.45, 2.75) is 19.8 Å². The normalized spacial score (nSPS) is 41.7. The molecule has 1 saturated carbocycles. The molecule has 0 aromatic heterocycles. The summed E-state index contributed by atoms with van der Waals surface area (Å²) in [6.07, 6.45) is 4.87. The first-order valence-electron chi connectivity index (χ1n) is 3.89. The zero-order valence-corrected chi connectivity index (χ0v) is 6.46. The maximum absolute atomic E-state index is 11.4. The molecular formula is C9H10O2. The number of carbonyl (C=O) groups excluding carboxylic acids is 2. The van der Waals surface area contributed by atoms with Crippen LogP contribution < -0.4 is 0 Å². The second-order valence-corrected chi connectivity index (χ2v) is 3.56. The van der Waals surface area contributed by atoms with E-state index in [0.29, 0.717) is 12.8 Å². The number of rotatable bonds is 0. The van der Waals surface area contributed by atoms with Crippen molar-refractivity contribution < 1.29 is 9.59 Å². The molecule has 0 spiro atoms. The smallest absolute Gasteiger partial charge is 0.153 e. The van der Waals surface area contributed by atoms with Gasteiger partial charge in [-0.15, -0.1) is 0 Å². The minimum absolute atomic E-state index is 0.0961. The molecule has 2 heteroatoms. The highest BCUT2D eigenvalue weighted by Crippen LogP contribution is 2.41. The van der Waals surface area contributed by atoms with Crippen molar-refractivity contribution >= 4 is 11.6 Å². The van der Waals surface area contributed by atoms with Crippen LogP contribution in [0.15, 0.2) is 12.2 Å². The van der Waals surface area contributed by atoms with Crippen LogP contribution in [0.2, 0.25) is 0 Å². The molecule has 2 aliphatic rings. The zero-order valence-electron chi connectivity index (χ0n) is 6.46. The molecule has 2 aliphatic carbocycles. The Labute approximate surface area is 65.3 Å². The van der Waals surface area contributed by atoms with Crippen molar-refractivity contribution in [2.24, 2.45) is 11.3 Å². The fraction of sp³-hybridized carbons (Fsp3) is 0.556. The molecule has 11 heavy (non-hydrogen) atoms. The number of ketones is 2. The van der Waals surface area contributed by atoms with E-state index in [2.05, 4.69) is 0 Å². The Kier molecular flexibility index (Phi) is 1.12. The summed E-state index contributed by atoms with van der Waals surface area (Å²) in [5.41, 5.74) is -0.653. The van der Waals surface area contributed by atoms with Crippen LogP contribution in [0.3, 0.4) is 0 Å². The summed E-state index contributed by atoms with van der Waals surface area (Å²) in [4.78, 5) is 22.8. The maximum Gasteiger partial charge on any atom is 0.153 e. The maximum atomic E-state index is 11.4. The average Bonchev–Trinajstić information content (AvgIpc) is 2.16. The van der Waals surface area contributed by atoms with Gasteiger partial charge in [-0.2, -0.15) is 0 Å². The molecule has 0 amide bonds. The van der Waals surface area contributed by atoms with Gasteiger partial charge in [-0.3, -0.25) is 9.59 Å². The van der Waals surface area contributed by atoms with E-state index in [1.54, 1.807) is 6.92 Å². The lowest BCUT2D eigenvalue weighted by Gasteiger charge is -2.21. The second kappa shape index (κ2) is 1.81. The van der Waals surface area contributed by atoms with Gasteiger partial charge >= 0.3 is 0 Å². The van der Waals surface area contributed by atoms with Gasteiger partial charge in [0, 0.05) is 12.3 Å². The summed E-state index contributed by atoms with van der Waals surface area (Å²) in [5, 5.41) is 0. The topological polar surface area (TPSA) is 34.1 Å². The lowest BCUT2D eigenvalue weighted by atomic mass is 9.79. The van der Waals surface area contributed by atoms with Crippen LogP contribution in [0.4, 0.5) is 0 Å². The largest absolute Gasteiger partial charge is 0.299 e. The average molecular weight is 150 g/mol. The third-order valence-corrected chi connectivity index (χ3v) is 2.80. The predicted molar refractivity (Wildman–Crippen MR) is 40.0 cm³/mol. The molecule has 0 aromatic carbocycles. The fourth-order valence-corrected chi connectivity index (χ4v) is 1.90. The van der Waals surface area contributed by atoms with Crippen molar-refractivity contribution in [3.8, 4) is 0 Å². The highest BCUT2D eigenvalue weighted by atomic mass is 16.2. The van der Waals surface area contributed by atoms with Crippen molar-refractivity contribution in [3.63, 3.8) is 0 Å². The summed E-state index contributed by atoms with van der Waals surface area (Å²) in [6.45, 7) is 1.77. The number of hydrogen-bond acceptors (Lipinski definition) is 2. The van der Waals surface area contributed by atoms with Gasteiger partial charge in [0.15, 0.2) is 5.78 Å². The minimum atomic E-state index is -0.653. The first-order valence-corrected chi connectivity index (χ1v) is 3.89. The van der Waals surface area contributed by atoms with Crippen molar-refractivity contribution in [3.05, 3.63) is 12.2 Å². The van der Waals surface area contributed by atoms with E-state index in [1.165, 1.54) is 0 Å². The standard InChI is InChI=1S/C9H10O2/c1-9-4-2-3-6(8(9)11)5-7(9)10/h2-3,6H,4-5H2,1H3/t6-,9+/m0/s1. The molecule has 2 atom stereocenters. The number of hydrogen-bond donors (Lipinski definition) is 0. The number of carbonyl (C=O) groups is 2. The van der Waals surface area contributed by atoms with Gasteiger partial charge in [0.1, 0.15) is 5.78 Å². The summed E-state index contributed by atoms with van der Waals surface area (Å²) in [7, 11) is 0. The van der Waals surface area contributed by atoms with E-state index in [4.69, 9.17) is 0 Å². The van der Waals surface area contributed by atoms with Gasteiger partial charge in [0.2, 0.25) is 0 Å². The molecule has 2 bridgehead atoms. The molecule has 2 rings (SSSR count). The van der Waals surface area contributed by atoms with E-state index in [-0.39, 0.29) is 17.5 Å². The lowest BCUT2D eigenvalue weighted by molar-refractivity contribution is -0.134. The molecule has 58 valence electrons. The zero-order chi connectivity index (χ0) is 8.06. The minimum Gasteiger partial charge on any atom is -0.299 e. The summed E-state index contributed by atoms with van der Waals surface area (Å²) < 4.78 is 0. The van der Waals surface area contributed by atoms with Crippen molar-refractivity contribution in [1.29, 1.82) is 0 Å². The molecule has 0 N–H and O–H groups in total. The summed E-state index contributed by atoms with van der Waals surface area (Å²) in [6, 6.07) is 0. The molecular weight excluding hydrogens is 140 g/mol. The van der Waals surface area contributed by atoms with Crippen LogP contribution in [-0.2, 0) is 9.59 Å². The van der Waals surface area contributed by atoms with Gasteiger partial charge in [0.05, 0.1) is 5.41 Å². The molecule has 0 unspecified atom stereocenters. The molecule has 0 aliphatic heterocycles. The van der Waals surface area contributed by atoms with E-state index >= 15 is 0 Å². The third-order valence-electron chi connectivity index (χ3n) is 2.80. The Morgan fingerprint density at radius 2 is 2.27 bits per heavy atom. The Morgan fingerprint density at radius 1 is 1.55 bits per heavy atom. The van der Waals surface area contributed by atoms with Gasteiger partial charge < -0.3 is 0 Å². The van der Waals surface area contributed by atoms with Gasteiger partial charge in [-0.05, 0) is 13.3 Å². The van der Waals surface area contributed by atoms with Gasteiger partial charge in [-0.25, -0.2) is 0 Å². The SMILES string of the molecule is C[C@@]12CC=C[C@@H](CC1=O)C2=O. The Morgan fingerprint density at radius 3 is 2.82 bits per heavy atom. The van der Waals surface area contributed by atoms with E-state index < -0.39 is 5.41 Å². The van der Waals surface area contributed by atoms with Crippen LogP contribution in [0.5, 0.6) is 0 Å². The highest BCUT2D eigenvalue weighted by Gasteiger charge is 2.51. The van der Waals surface area contributed by atoms with Crippen LogP contribution in [0.1, 0.15) is 19.8 Å². The molecule has 0 heterocycles. The van der Waals surface area contributed by atoms with E-state index in [1.807, 2.05) is 12.2 Å². The summed E-state index contributed by atoms with van der Waals surface area (Å²) >= 11 is 0. The van der Waals surface area contributed by atoms with Crippen molar-refractivity contribution in [1.82, 2.24) is 0 Å². The van der Waals surface area contributed by atoms with E-state index in [0.717, 1.165) is 0 Å². The Hall–Kier alpha value is -0.920. The first kappa shape index (κ1) is 6.77. The van der Waals surface area contributed by atoms with Crippen LogP contribution in [0.25, 0.3) is 0 Å². The second-order valence-electron chi connectivity index (χ2n) is 3.56. The van der Waals surface area contributed by atoms with Gasteiger partial charge in [-0.1, -0.05) is 12.2 Å². The van der Waals surface area contributed by atoms with Crippen LogP contribution in [0, 0.1) is 11.3 Å². The van der Waals surface area contributed by atoms with Gasteiger partial charge in [0.25, 0.3) is 0 Å². The molecule has 1 fully saturated rings. The first-order chi connectivity index (χ1) is 5.14. The monoisotopic (exact) mass is 150 g/mol. The van der Waals surface area contributed by atoms with Crippen LogP contribution >= 0.6 is 0 Å². The molecule has 0 radical (unpaired) electrons. The molecule has 0 aromatic rings. The molecule has 2 nitrogen and oxygen atoms in total. The predicted octanol–water partition coefficient (Wildman–Crippen LogP) is 1.11. The third kappa shape index (κ3) is 0.669. The fourth-order valence-electron chi connectivity index (χ4n) is 1.90. The van der Waals surface area contributed by atoms with Crippen molar-refractivity contribution in [2.75, 3.05) is 0 Å². The number of Topliss-reactive ketones (excluding diaryl/α,β-unsaturated/α-hetero) is 2. The number of fused-ring (bicyclic) bond motifs is 2. The highest BCUT2D eigenvalue weighted by molar-refractivity contribution is 6.15. The lowest BCUT2D eigenvalue weighted by Crippen LogP contribution is -2.31. The Bertz CT molecular complexity index is 265. The Balaban J connectivity index is 2.51. The number of allylic oxidation sites excluding steroid dienone is 2.